The maximum atomic E-state index is 12.3. The third-order valence-electron chi connectivity index (χ3n) is 4.57. The van der Waals surface area contributed by atoms with E-state index in [1.165, 1.54) is 0 Å². The lowest BCUT2D eigenvalue weighted by molar-refractivity contribution is 0.0322. The highest BCUT2D eigenvalue weighted by molar-refractivity contribution is 5.82. The Morgan fingerprint density at radius 3 is 2.62 bits per heavy atom. The summed E-state index contributed by atoms with van der Waals surface area (Å²) in [5.74, 6) is 0.710. The summed E-state index contributed by atoms with van der Waals surface area (Å²) in [6, 6.07) is 17.0. The first-order chi connectivity index (χ1) is 12.8. The molecule has 1 saturated heterocycles. The maximum absolute atomic E-state index is 12.3. The number of hydrogen-bond donors (Lipinski definition) is 0. The minimum Gasteiger partial charge on any atom is -0.492 e. The molecule has 1 fully saturated rings. The molecule has 0 aliphatic carbocycles. The molecule has 0 bridgehead atoms. The number of nitrogens with zero attached hydrogens (tertiary/aromatic N) is 1. The van der Waals surface area contributed by atoms with E-state index in [1.807, 2.05) is 48.5 Å². The lowest BCUT2D eigenvalue weighted by atomic mass is 10.1. The first-order valence-electron chi connectivity index (χ1n) is 8.86. The van der Waals surface area contributed by atoms with Crippen molar-refractivity contribution in [1.82, 2.24) is 4.90 Å². The molecule has 5 nitrogen and oxygen atoms in total. The number of morpholine rings is 1. The summed E-state index contributed by atoms with van der Waals surface area (Å²) in [7, 11) is 0. The lowest BCUT2D eigenvalue weighted by Crippen LogP contribution is -2.38. The van der Waals surface area contributed by atoms with E-state index in [0.717, 1.165) is 43.8 Å². The van der Waals surface area contributed by atoms with E-state index in [1.54, 1.807) is 6.07 Å². The summed E-state index contributed by atoms with van der Waals surface area (Å²) in [4.78, 5) is 14.7. The number of rotatable bonds is 5. The van der Waals surface area contributed by atoms with Gasteiger partial charge in [0.1, 0.15) is 17.9 Å². The molecule has 134 valence electrons. The van der Waals surface area contributed by atoms with E-state index in [9.17, 15) is 4.79 Å². The van der Waals surface area contributed by atoms with Gasteiger partial charge in [0.25, 0.3) is 0 Å². The van der Waals surface area contributed by atoms with Gasteiger partial charge in [0, 0.05) is 31.1 Å². The zero-order valence-electron chi connectivity index (χ0n) is 14.5. The van der Waals surface area contributed by atoms with Gasteiger partial charge in [-0.05, 0) is 23.8 Å². The Kier molecular flexibility index (Phi) is 5.00. The molecule has 0 atom stereocenters. The molecule has 1 aromatic heterocycles. The zero-order valence-corrected chi connectivity index (χ0v) is 14.5. The summed E-state index contributed by atoms with van der Waals surface area (Å²) in [6.45, 7) is 4.91. The number of ether oxygens (including phenoxy) is 2. The van der Waals surface area contributed by atoms with E-state index >= 15 is 0 Å². The van der Waals surface area contributed by atoms with Crippen LogP contribution >= 0.6 is 0 Å². The van der Waals surface area contributed by atoms with Crippen LogP contribution in [0.2, 0.25) is 0 Å². The van der Waals surface area contributed by atoms with Gasteiger partial charge in [0.2, 0.25) is 0 Å². The van der Waals surface area contributed by atoms with Gasteiger partial charge in [-0.15, -0.1) is 0 Å². The number of hydrogen-bond acceptors (Lipinski definition) is 5. The summed E-state index contributed by atoms with van der Waals surface area (Å²) < 4.78 is 16.7. The van der Waals surface area contributed by atoms with Crippen molar-refractivity contribution in [3.05, 3.63) is 65.0 Å². The average Bonchev–Trinajstić information content (AvgIpc) is 2.69. The van der Waals surface area contributed by atoms with Crippen LogP contribution in [-0.2, 0) is 4.74 Å². The maximum Gasteiger partial charge on any atom is 0.344 e. The van der Waals surface area contributed by atoms with Crippen LogP contribution in [0.4, 0.5) is 0 Å². The minimum absolute atomic E-state index is 0.339. The largest absolute Gasteiger partial charge is 0.492 e. The molecule has 1 aliphatic heterocycles. The van der Waals surface area contributed by atoms with Crippen molar-refractivity contribution < 1.29 is 13.9 Å². The zero-order chi connectivity index (χ0) is 17.8. The monoisotopic (exact) mass is 351 g/mol. The van der Waals surface area contributed by atoms with Crippen LogP contribution in [0.15, 0.2) is 63.8 Å². The molecule has 0 radical (unpaired) electrons. The Morgan fingerprint density at radius 1 is 1.00 bits per heavy atom. The predicted octanol–water partition coefficient (Wildman–Crippen LogP) is 3.17. The van der Waals surface area contributed by atoms with Crippen LogP contribution in [0.1, 0.15) is 0 Å². The Bertz CT molecular complexity index is 930. The number of benzene rings is 2. The van der Waals surface area contributed by atoms with E-state index < -0.39 is 0 Å². The van der Waals surface area contributed by atoms with E-state index in [2.05, 4.69) is 4.90 Å². The van der Waals surface area contributed by atoms with Crippen molar-refractivity contribution >= 4 is 11.0 Å². The third kappa shape index (κ3) is 3.79. The average molecular weight is 351 g/mol. The van der Waals surface area contributed by atoms with E-state index in [4.69, 9.17) is 13.9 Å². The van der Waals surface area contributed by atoms with Crippen molar-refractivity contribution in [2.24, 2.45) is 0 Å². The molecule has 0 saturated carbocycles. The highest BCUT2D eigenvalue weighted by Gasteiger charge is 2.11. The Balaban J connectivity index is 1.49. The van der Waals surface area contributed by atoms with Gasteiger partial charge in [0.15, 0.2) is 0 Å². The van der Waals surface area contributed by atoms with Crippen LogP contribution in [0, 0.1) is 0 Å². The topological polar surface area (TPSA) is 51.9 Å². The molecule has 1 aliphatic rings. The van der Waals surface area contributed by atoms with Crippen molar-refractivity contribution in [3.63, 3.8) is 0 Å². The molecule has 3 aromatic rings. The van der Waals surface area contributed by atoms with Gasteiger partial charge in [-0.1, -0.05) is 30.3 Å². The molecule has 0 N–H and O–H groups in total. The van der Waals surface area contributed by atoms with Crippen molar-refractivity contribution in [2.75, 3.05) is 39.5 Å². The van der Waals surface area contributed by atoms with Gasteiger partial charge in [-0.2, -0.15) is 0 Å². The highest BCUT2D eigenvalue weighted by Crippen LogP contribution is 2.24. The standard InChI is InChI=1S/C21H21NO4/c23-21-19(16-4-2-1-3-5-16)14-17-6-7-18(15-20(17)26-21)25-13-10-22-8-11-24-12-9-22/h1-7,14-15H,8-13H2. The van der Waals surface area contributed by atoms with Gasteiger partial charge in [-0.3, -0.25) is 4.90 Å². The Hall–Kier alpha value is -2.63. The second-order valence-electron chi connectivity index (χ2n) is 6.32. The van der Waals surface area contributed by atoms with E-state index in [0.29, 0.717) is 23.5 Å². The summed E-state index contributed by atoms with van der Waals surface area (Å²) in [5.41, 5.74) is 1.63. The second kappa shape index (κ2) is 7.72. The Morgan fingerprint density at radius 2 is 1.81 bits per heavy atom. The number of fused-ring (bicyclic) bond motifs is 1. The quantitative estimate of drug-likeness (QED) is 0.661. The van der Waals surface area contributed by atoms with Gasteiger partial charge < -0.3 is 13.9 Å². The molecule has 2 heterocycles. The minimum atomic E-state index is -0.339. The first kappa shape index (κ1) is 16.8. The van der Waals surface area contributed by atoms with Crippen LogP contribution in [0.3, 0.4) is 0 Å². The van der Waals surface area contributed by atoms with Crippen molar-refractivity contribution in [1.29, 1.82) is 0 Å². The third-order valence-corrected chi connectivity index (χ3v) is 4.57. The SMILES string of the molecule is O=c1oc2cc(OCCN3CCOCC3)ccc2cc1-c1ccccc1. The molecule has 0 amide bonds. The second-order valence-corrected chi connectivity index (χ2v) is 6.32. The first-order valence-corrected chi connectivity index (χ1v) is 8.86. The highest BCUT2D eigenvalue weighted by atomic mass is 16.5. The van der Waals surface area contributed by atoms with E-state index in [-0.39, 0.29) is 5.63 Å². The molecular weight excluding hydrogens is 330 g/mol. The predicted molar refractivity (Wildman–Crippen MR) is 101 cm³/mol. The van der Waals surface area contributed by atoms with Gasteiger partial charge in [-0.25, -0.2) is 4.79 Å². The summed E-state index contributed by atoms with van der Waals surface area (Å²) in [5, 5.41) is 0.879. The fourth-order valence-electron chi connectivity index (χ4n) is 3.12. The molecule has 4 rings (SSSR count). The smallest absolute Gasteiger partial charge is 0.344 e. The van der Waals surface area contributed by atoms with Crippen molar-refractivity contribution in [2.45, 2.75) is 0 Å². The molecule has 0 spiro atoms. The molecule has 5 heteroatoms. The van der Waals surface area contributed by atoms with Crippen LogP contribution in [-0.4, -0.2) is 44.4 Å². The van der Waals surface area contributed by atoms with Crippen LogP contribution < -0.4 is 10.4 Å². The van der Waals surface area contributed by atoms with Crippen LogP contribution in [0.25, 0.3) is 22.1 Å². The summed E-state index contributed by atoms with van der Waals surface area (Å²) in [6.07, 6.45) is 0. The van der Waals surface area contributed by atoms with Gasteiger partial charge >= 0.3 is 5.63 Å². The fraction of sp³-hybridized carbons (Fsp3) is 0.286. The molecule has 0 unspecified atom stereocenters. The lowest BCUT2D eigenvalue weighted by Gasteiger charge is -2.26. The van der Waals surface area contributed by atoms with Crippen LogP contribution in [0.5, 0.6) is 5.75 Å². The Labute approximate surface area is 151 Å². The fourth-order valence-corrected chi connectivity index (χ4v) is 3.12. The van der Waals surface area contributed by atoms with Gasteiger partial charge in [0.05, 0.1) is 18.8 Å². The van der Waals surface area contributed by atoms with Crippen molar-refractivity contribution in [3.8, 4) is 16.9 Å². The molecule has 26 heavy (non-hydrogen) atoms. The molecule has 2 aromatic carbocycles. The normalized spacial score (nSPS) is 15.2. The summed E-state index contributed by atoms with van der Waals surface area (Å²) >= 11 is 0. The molecular formula is C21H21NO4.